The normalized spacial score (nSPS) is 19.3. The lowest BCUT2D eigenvalue weighted by atomic mass is 9.73. The fourth-order valence-corrected chi connectivity index (χ4v) is 11.9. The van der Waals surface area contributed by atoms with Gasteiger partial charge in [-0.05, 0) is 53.1 Å². The molecule has 3 aliphatic rings. The topological polar surface area (TPSA) is 508 Å². The van der Waals surface area contributed by atoms with Crippen molar-refractivity contribution < 1.29 is 150 Å². The van der Waals surface area contributed by atoms with Crippen molar-refractivity contribution in [2.75, 3.05) is 20.4 Å². The van der Waals surface area contributed by atoms with E-state index in [2.05, 4.69) is 0 Å². The highest BCUT2D eigenvalue weighted by molar-refractivity contribution is 5.71. The van der Waals surface area contributed by atoms with Crippen LogP contribution in [0, 0.1) is 0 Å². The molecule has 96 heavy (non-hydrogen) atoms. The lowest BCUT2D eigenvalue weighted by Gasteiger charge is -2.45. The van der Waals surface area contributed by atoms with Gasteiger partial charge in [-0.3, -0.25) is 0 Å². The molecule has 0 saturated carbocycles. The van der Waals surface area contributed by atoms with E-state index in [4.69, 9.17) is 42.6 Å². The summed E-state index contributed by atoms with van der Waals surface area (Å²) in [6.07, 6.45) is -10.3. The summed E-state index contributed by atoms with van der Waals surface area (Å²) in [7, 11) is 0. The van der Waals surface area contributed by atoms with Crippen LogP contribution in [-0.4, -0.2) is 146 Å². The molecule has 30 nitrogen and oxygen atoms in total. The van der Waals surface area contributed by atoms with Crippen molar-refractivity contribution in [2.24, 2.45) is 0 Å². The number of aromatic hydroxyl groups is 21. The first-order valence-corrected chi connectivity index (χ1v) is 28.5. The summed E-state index contributed by atoms with van der Waals surface area (Å²) in [5, 5.41) is 231. The molecule has 3 heterocycles. The Hall–Kier alpha value is -12.5. The predicted octanol–water partition coefficient (Wildman–Crippen LogP) is 7.98. The average molecular weight is 1330 g/mol. The Morgan fingerprint density at radius 2 is 0.656 bits per heavy atom. The number of rotatable bonds is 17. The van der Waals surface area contributed by atoms with Gasteiger partial charge in [-0.25, -0.2) is 0 Å². The quantitative estimate of drug-likeness (QED) is 0.0303. The smallest absolute Gasteiger partial charge is 0.200 e. The van der Waals surface area contributed by atoms with E-state index in [0.29, 0.717) is 0 Å². The van der Waals surface area contributed by atoms with Gasteiger partial charge in [0.25, 0.3) is 0 Å². The van der Waals surface area contributed by atoms with Gasteiger partial charge in [0.1, 0.15) is 87.3 Å². The molecule has 8 atom stereocenters. The Morgan fingerprint density at radius 3 is 1.08 bits per heavy atom. The van der Waals surface area contributed by atoms with Gasteiger partial charge in [-0.1, -0.05) is 18.2 Å². The lowest BCUT2D eigenvalue weighted by Crippen LogP contribution is -2.41. The fourth-order valence-electron chi connectivity index (χ4n) is 11.9. The number of phenols is 21. The van der Waals surface area contributed by atoms with Gasteiger partial charge in [0.2, 0.25) is 17.2 Å². The molecule has 9 aromatic carbocycles. The molecule has 21 N–H and O–H groups in total. The Morgan fingerprint density at radius 1 is 0.302 bits per heavy atom. The predicted molar refractivity (Wildman–Crippen MR) is 322 cm³/mol. The van der Waals surface area contributed by atoms with Crippen LogP contribution in [0.3, 0.4) is 0 Å². The molecule has 0 amide bonds. The van der Waals surface area contributed by atoms with Gasteiger partial charge in [0.15, 0.2) is 108 Å². The van der Waals surface area contributed by atoms with Gasteiger partial charge in [-0.2, -0.15) is 0 Å². The van der Waals surface area contributed by atoms with Crippen LogP contribution >= 0.6 is 0 Å². The molecular formula is C66H56O30. The Bertz CT molecular complexity index is 4470. The third-order valence-electron chi connectivity index (χ3n) is 16.4. The van der Waals surface area contributed by atoms with Gasteiger partial charge in [0.05, 0.1) is 11.8 Å². The van der Waals surface area contributed by atoms with Crippen LogP contribution in [-0.2, 0) is 20.6 Å². The zero-order valence-electron chi connectivity index (χ0n) is 49.0. The number of hydrogen-bond acceptors (Lipinski definition) is 30. The number of benzene rings is 9. The van der Waals surface area contributed by atoms with Crippen molar-refractivity contribution in [3.8, 4) is 155 Å². The minimum absolute atomic E-state index is 0.0112. The maximum atomic E-state index is 12.8. The molecular weight excluding hydrogens is 1270 g/mol. The van der Waals surface area contributed by atoms with E-state index in [1.54, 1.807) is 0 Å². The first-order chi connectivity index (χ1) is 45.7. The fraction of sp³-hybridized carbons (Fsp3) is 0.182. The van der Waals surface area contributed by atoms with E-state index in [9.17, 15) is 107 Å². The van der Waals surface area contributed by atoms with Crippen LogP contribution in [0.25, 0.3) is 0 Å². The summed E-state index contributed by atoms with van der Waals surface area (Å²) in [6.45, 7) is -2.60. The molecule has 0 bridgehead atoms. The summed E-state index contributed by atoms with van der Waals surface area (Å²) in [5.74, 6) is -22.0. The van der Waals surface area contributed by atoms with Crippen molar-refractivity contribution in [2.45, 2.75) is 54.9 Å². The molecule has 0 radical (unpaired) electrons. The van der Waals surface area contributed by atoms with Gasteiger partial charge in [-0.15, -0.1) is 0 Å². The first-order valence-electron chi connectivity index (χ1n) is 28.5. The molecule has 500 valence electrons. The van der Waals surface area contributed by atoms with E-state index < -0.39 is 224 Å². The standard InChI is InChI=1S/C66H56O30/c67-27-10-39(75)51-49(11-27)94-61(25-2-5-33(69)37(73)8-25)65(92-22-89-29-14-45(81)58(86)46(82)15-29)55(51)53-41(77)20-42(78)54-56(66(93-23-90-30-16-47(83)59(87)48(84)17-30)62(96-64(53)54)26-3-6-34(70)38(74)9-26)52-40(76)19-35(71)31-18-50(91-21-88-28-12-43(79)57(85)44(80)13-28)60(95-63(31)52)24-1-4-32(68)36(72)7-24/h1-17,19-20,50,55-56,60-62,65-87H,18,21-23H2/t50-,55-,56+,60-,61-,62-,65-,66-/m1/s1. The zero-order chi connectivity index (χ0) is 68.5. The Kier molecular flexibility index (Phi) is 16.4. The maximum absolute atomic E-state index is 12.8. The van der Waals surface area contributed by atoms with E-state index in [-0.39, 0.29) is 50.8 Å². The van der Waals surface area contributed by atoms with E-state index in [0.717, 1.165) is 97.1 Å². The summed E-state index contributed by atoms with van der Waals surface area (Å²) in [6, 6.07) is 19.4. The minimum atomic E-state index is -1.90. The molecule has 0 spiro atoms. The Balaban J connectivity index is 1.10. The molecule has 3 aliphatic heterocycles. The second-order valence-corrected chi connectivity index (χ2v) is 22.3. The van der Waals surface area contributed by atoms with Crippen molar-refractivity contribution >= 4 is 0 Å². The van der Waals surface area contributed by atoms with Crippen molar-refractivity contribution in [1.82, 2.24) is 0 Å². The molecule has 0 saturated heterocycles. The van der Waals surface area contributed by atoms with Crippen LogP contribution in [0.2, 0.25) is 0 Å². The highest BCUT2D eigenvalue weighted by atomic mass is 16.7. The molecule has 0 aliphatic carbocycles. The summed E-state index contributed by atoms with van der Waals surface area (Å²) >= 11 is 0. The number of ether oxygens (including phenoxy) is 9. The van der Waals surface area contributed by atoms with Crippen LogP contribution in [0.4, 0.5) is 0 Å². The summed E-state index contributed by atoms with van der Waals surface area (Å²) < 4.78 is 57.1. The molecule has 0 unspecified atom stereocenters. The molecule has 9 aromatic rings. The van der Waals surface area contributed by atoms with Crippen LogP contribution in [0.15, 0.2) is 115 Å². The largest absolute Gasteiger partial charge is 0.508 e. The lowest BCUT2D eigenvalue weighted by molar-refractivity contribution is -0.104. The zero-order valence-corrected chi connectivity index (χ0v) is 49.0. The summed E-state index contributed by atoms with van der Waals surface area (Å²) in [4.78, 5) is 0. The molecule has 0 aromatic heterocycles. The SMILES string of the molecule is Oc1cc(O)c2c(c1)O[C@H](c1ccc(O)c(O)c1)[C@H](OCOc1cc(O)c(O)c(O)c1)[C@H]2c1c(O)cc(O)c2c1O[C@H](c1ccc(O)c(O)c1)[C@H](OCOc1cc(O)c(O)c(O)c1)[C@H]2c1c(O)cc(O)c2c1O[C@H](c1ccc(O)c(O)c1)[C@H](OCOc1cc(O)c(O)c(O)c1)C2. The molecule has 30 heteroatoms. The van der Waals surface area contributed by atoms with Gasteiger partial charge in [0, 0.05) is 94.9 Å². The summed E-state index contributed by atoms with van der Waals surface area (Å²) in [5.41, 5.74) is -1.93. The molecule has 0 fully saturated rings. The van der Waals surface area contributed by atoms with Crippen LogP contribution in [0.5, 0.6) is 155 Å². The highest BCUT2D eigenvalue weighted by Gasteiger charge is 2.53. The van der Waals surface area contributed by atoms with Crippen LogP contribution < -0.4 is 28.4 Å². The van der Waals surface area contributed by atoms with E-state index >= 15 is 0 Å². The van der Waals surface area contributed by atoms with Crippen molar-refractivity contribution in [1.29, 1.82) is 0 Å². The van der Waals surface area contributed by atoms with Crippen molar-refractivity contribution in [3.63, 3.8) is 0 Å². The monoisotopic (exact) mass is 1330 g/mol. The van der Waals surface area contributed by atoms with E-state index in [1.807, 2.05) is 0 Å². The maximum Gasteiger partial charge on any atom is 0.200 e. The average Bonchev–Trinajstić information content (AvgIpc) is 0.711. The van der Waals surface area contributed by atoms with E-state index in [1.165, 1.54) is 18.2 Å². The second kappa shape index (κ2) is 24.8. The third kappa shape index (κ3) is 11.7. The second-order valence-electron chi connectivity index (χ2n) is 22.3. The minimum Gasteiger partial charge on any atom is -0.508 e. The van der Waals surface area contributed by atoms with Gasteiger partial charge >= 0.3 is 0 Å². The van der Waals surface area contributed by atoms with Crippen LogP contribution in [0.1, 0.15) is 74.7 Å². The number of hydrogen-bond donors (Lipinski definition) is 21. The number of phenolic OH excluding ortho intramolecular Hbond substituents is 21. The third-order valence-corrected chi connectivity index (χ3v) is 16.4. The van der Waals surface area contributed by atoms with Crippen molar-refractivity contribution in [3.05, 3.63) is 160 Å². The number of fused-ring (bicyclic) bond motifs is 3. The first kappa shape index (κ1) is 63.6. The Labute approximate surface area is 538 Å². The highest BCUT2D eigenvalue weighted by Crippen LogP contribution is 2.64. The molecule has 12 rings (SSSR count). The van der Waals surface area contributed by atoms with Gasteiger partial charge < -0.3 is 150 Å².